The molecule has 0 aliphatic heterocycles. The van der Waals surface area contributed by atoms with Crippen LogP contribution < -0.4 is 5.32 Å². The second-order valence-corrected chi connectivity index (χ2v) is 3.41. The molecule has 88 valence electrons. The molecule has 0 aliphatic rings. The third-order valence-corrected chi connectivity index (χ3v) is 2.35. The normalized spacial score (nSPS) is 10.2. The van der Waals surface area contributed by atoms with Crippen molar-refractivity contribution in [1.29, 1.82) is 0 Å². The minimum atomic E-state index is -0.408. The van der Waals surface area contributed by atoms with E-state index in [1.165, 1.54) is 12.5 Å². The van der Waals surface area contributed by atoms with Gasteiger partial charge in [-0.05, 0) is 13.0 Å². The zero-order chi connectivity index (χ0) is 12.3. The molecule has 1 heterocycles. The van der Waals surface area contributed by atoms with Crippen LogP contribution in [0.25, 0.3) is 0 Å². The fourth-order valence-electron chi connectivity index (χ4n) is 1.46. The van der Waals surface area contributed by atoms with Gasteiger partial charge in [0.25, 0.3) is 5.69 Å². The number of nitrogens with zero attached hydrogens (tertiary/aromatic N) is 3. The zero-order valence-corrected chi connectivity index (χ0v) is 9.08. The lowest BCUT2D eigenvalue weighted by molar-refractivity contribution is -0.385. The summed E-state index contributed by atoms with van der Waals surface area (Å²) in [6.45, 7) is 2.05. The number of benzene rings is 1. The van der Waals surface area contributed by atoms with Crippen molar-refractivity contribution in [2.24, 2.45) is 0 Å². The number of hydrogen-bond donors (Lipinski definition) is 1. The maximum absolute atomic E-state index is 10.7. The van der Waals surface area contributed by atoms with Gasteiger partial charge in [0.2, 0.25) is 6.39 Å². The van der Waals surface area contributed by atoms with Crippen molar-refractivity contribution in [1.82, 2.24) is 10.1 Å². The van der Waals surface area contributed by atoms with Gasteiger partial charge < -0.3 is 9.84 Å². The molecule has 0 unspecified atom stereocenters. The van der Waals surface area contributed by atoms with E-state index in [1.807, 2.05) is 0 Å². The lowest BCUT2D eigenvalue weighted by atomic mass is 10.1. The number of nitrogens with one attached hydrogen (secondary N) is 1. The highest BCUT2D eigenvalue weighted by Gasteiger charge is 2.13. The number of nitro groups is 1. The SMILES string of the molecule is Cc1c(NCc2ncon2)cccc1[N+](=O)[O-]. The molecule has 1 N–H and O–H groups in total. The van der Waals surface area contributed by atoms with Gasteiger partial charge in [0.05, 0.1) is 11.5 Å². The number of hydrogen-bond acceptors (Lipinski definition) is 6. The Kier molecular flexibility index (Phi) is 2.99. The minimum Gasteiger partial charge on any atom is -0.377 e. The second kappa shape index (κ2) is 4.60. The van der Waals surface area contributed by atoms with E-state index >= 15 is 0 Å². The molecule has 0 amide bonds. The lowest BCUT2D eigenvalue weighted by Crippen LogP contribution is -2.03. The van der Waals surface area contributed by atoms with E-state index in [4.69, 9.17) is 0 Å². The van der Waals surface area contributed by atoms with Crippen LogP contribution >= 0.6 is 0 Å². The first-order chi connectivity index (χ1) is 8.18. The molecule has 17 heavy (non-hydrogen) atoms. The van der Waals surface area contributed by atoms with E-state index in [9.17, 15) is 10.1 Å². The Labute approximate surface area is 96.6 Å². The summed E-state index contributed by atoms with van der Waals surface area (Å²) in [6, 6.07) is 4.86. The average Bonchev–Trinajstić information content (AvgIpc) is 2.80. The van der Waals surface area contributed by atoms with E-state index < -0.39 is 4.92 Å². The van der Waals surface area contributed by atoms with Crippen molar-refractivity contribution in [2.75, 3.05) is 5.32 Å². The van der Waals surface area contributed by atoms with Crippen LogP contribution in [-0.2, 0) is 6.54 Å². The zero-order valence-electron chi connectivity index (χ0n) is 9.08. The second-order valence-electron chi connectivity index (χ2n) is 3.41. The van der Waals surface area contributed by atoms with Crippen molar-refractivity contribution < 1.29 is 9.45 Å². The Hall–Kier alpha value is -2.44. The van der Waals surface area contributed by atoms with E-state index in [1.54, 1.807) is 19.1 Å². The van der Waals surface area contributed by atoms with Crippen molar-refractivity contribution in [3.05, 3.63) is 46.1 Å². The molecule has 0 aliphatic carbocycles. The molecule has 1 aromatic carbocycles. The molecule has 2 aromatic rings. The van der Waals surface area contributed by atoms with Gasteiger partial charge in [0.1, 0.15) is 0 Å². The first kappa shape index (κ1) is 11.1. The van der Waals surface area contributed by atoms with Crippen LogP contribution in [0.15, 0.2) is 29.1 Å². The number of aromatic nitrogens is 2. The lowest BCUT2D eigenvalue weighted by Gasteiger charge is -2.07. The molecule has 1 aromatic heterocycles. The molecule has 2 rings (SSSR count). The van der Waals surface area contributed by atoms with E-state index in [0.717, 1.165) is 0 Å². The van der Waals surface area contributed by atoms with Crippen LogP contribution in [0.2, 0.25) is 0 Å². The smallest absolute Gasteiger partial charge is 0.274 e. The molecular weight excluding hydrogens is 224 g/mol. The van der Waals surface area contributed by atoms with Crippen LogP contribution in [0.5, 0.6) is 0 Å². The summed E-state index contributed by atoms with van der Waals surface area (Å²) in [7, 11) is 0. The molecule has 0 radical (unpaired) electrons. The highest BCUT2D eigenvalue weighted by molar-refractivity contribution is 5.59. The van der Waals surface area contributed by atoms with Crippen LogP contribution in [0.4, 0.5) is 11.4 Å². The van der Waals surface area contributed by atoms with E-state index in [0.29, 0.717) is 23.6 Å². The van der Waals surface area contributed by atoms with Crippen molar-refractivity contribution in [3.63, 3.8) is 0 Å². The Morgan fingerprint density at radius 1 is 1.53 bits per heavy atom. The molecule has 7 heteroatoms. The highest BCUT2D eigenvalue weighted by atomic mass is 16.6. The summed E-state index contributed by atoms with van der Waals surface area (Å²) in [6.07, 6.45) is 1.23. The first-order valence-corrected chi connectivity index (χ1v) is 4.91. The summed E-state index contributed by atoms with van der Waals surface area (Å²) in [5, 5.41) is 17.4. The van der Waals surface area contributed by atoms with Crippen LogP contribution in [-0.4, -0.2) is 15.1 Å². The van der Waals surface area contributed by atoms with Crippen LogP contribution in [0.3, 0.4) is 0 Å². The third-order valence-electron chi connectivity index (χ3n) is 2.35. The molecule has 0 fully saturated rings. The molecule has 0 bridgehead atoms. The van der Waals surface area contributed by atoms with E-state index in [2.05, 4.69) is 20.0 Å². The van der Waals surface area contributed by atoms with Gasteiger partial charge in [-0.2, -0.15) is 4.98 Å². The monoisotopic (exact) mass is 234 g/mol. The number of nitro benzene ring substituents is 1. The van der Waals surface area contributed by atoms with Gasteiger partial charge >= 0.3 is 0 Å². The Bertz CT molecular complexity index is 524. The maximum atomic E-state index is 10.7. The summed E-state index contributed by atoms with van der Waals surface area (Å²) < 4.78 is 4.59. The van der Waals surface area contributed by atoms with Gasteiger partial charge in [0, 0.05) is 17.3 Å². The first-order valence-electron chi connectivity index (χ1n) is 4.91. The molecule has 7 nitrogen and oxygen atoms in total. The minimum absolute atomic E-state index is 0.0862. The molecule has 0 saturated heterocycles. The largest absolute Gasteiger partial charge is 0.377 e. The summed E-state index contributed by atoms with van der Waals surface area (Å²) in [4.78, 5) is 14.2. The predicted molar refractivity (Wildman–Crippen MR) is 59.5 cm³/mol. The Morgan fingerprint density at radius 3 is 3.00 bits per heavy atom. The maximum Gasteiger partial charge on any atom is 0.274 e. The van der Waals surface area contributed by atoms with Crippen molar-refractivity contribution >= 4 is 11.4 Å². The standard InChI is InChI=1S/C10H10N4O3/c1-7-8(3-2-4-9(7)14(15)16)11-5-10-12-6-17-13-10/h2-4,6,11H,5H2,1H3. The van der Waals surface area contributed by atoms with Crippen molar-refractivity contribution in [3.8, 4) is 0 Å². The fraction of sp³-hybridized carbons (Fsp3) is 0.200. The Morgan fingerprint density at radius 2 is 2.35 bits per heavy atom. The van der Waals surface area contributed by atoms with Crippen LogP contribution in [0.1, 0.15) is 11.4 Å². The van der Waals surface area contributed by atoms with Gasteiger partial charge in [0.15, 0.2) is 5.82 Å². The summed E-state index contributed by atoms with van der Waals surface area (Å²) in [5.41, 5.74) is 1.35. The van der Waals surface area contributed by atoms with Crippen molar-refractivity contribution in [2.45, 2.75) is 13.5 Å². The van der Waals surface area contributed by atoms with E-state index in [-0.39, 0.29) is 5.69 Å². The molecule has 0 atom stereocenters. The van der Waals surface area contributed by atoms with Crippen LogP contribution in [0, 0.1) is 17.0 Å². The Balaban J connectivity index is 2.16. The third kappa shape index (κ3) is 2.39. The summed E-state index contributed by atoms with van der Waals surface area (Å²) >= 11 is 0. The van der Waals surface area contributed by atoms with Gasteiger partial charge in [-0.15, -0.1) is 0 Å². The quantitative estimate of drug-likeness (QED) is 0.641. The highest BCUT2D eigenvalue weighted by Crippen LogP contribution is 2.25. The average molecular weight is 234 g/mol. The van der Waals surface area contributed by atoms with Gasteiger partial charge in [-0.1, -0.05) is 11.2 Å². The fourth-order valence-corrected chi connectivity index (χ4v) is 1.46. The molecule has 0 saturated carbocycles. The molecular formula is C10H10N4O3. The number of anilines is 1. The predicted octanol–water partition coefficient (Wildman–Crippen LogP) is 1.90. The van der Waals surface area contributed by atoms with Gasteiger partial charge in [-0.25, -0.2) is 0 Å². The van der Waals surface area contributed by atoms with Gasteiger partial charge in [-0.3, -0.25) is 10.1 Å². The summed E-state index contributed by atoms with van der Waals surface area (Å²) in [5.74, 6) is 0.496. The number of rotatable bonds is 4. The molecule has 0 spiro atoms. The topological polar surface area (TPSA) is 94.1 Å².